The average Bonchev–Trinajstić information content (AvgIpc) is 3.39. The van der Waals surface area contributed by atoms with E-state index in [2.05, 4.69) is 0 Å². The molecule has 1 aromatic rings. The number of hydrogen-bond acceptors (Lipinski definition) is 6. The third-order valence-electron chi connectivity index (χ3n) is 3.40. The summed E-state index contributed by atoms with van der Waals surface area (Å²) in [6, 6.07) is 5.29. The van der Waals surface area contributed by atoms with Crippen LogP contribution < -0.4 is 4.72 Å². The number of nitrogens with one attached hydrogen (secondary N) is 1. The van der Waals surface area contributed by atoms with E-state index in [0.29, 0.717) is 24.5 Å². The molecule has 10 heteroatoms. The number of aliphatic hydroxyl groups excluding tert-OH is 1. The molecule has 8 nitrogen and oxygen atoms in total. The summed E-state index contributed by atoms with van der Waals surface area (Å²) >= 11 is 0. The summed E-state index contributed by atoms with van der Waals surface area (Å²) in [6.45, 7) is -0.0681. The molecule has 1 aliphatic rings. The Morgan fingerprint density at radius 1 is 1.36 bits per heavy atom. The molecule has 1 aromatic carbocycles. The number of nitrogens with zero attached hydrogens (tertiary/aromatic N) is 1. The first-order chi connectivity index (χ1) is 11.7. The third kappa shape index (κ3) is 5.26. The van der Waals surface area contributed by atoms with Crippen LogP contribution in [0.4, 0.5) is 4.39 Å². The van der Waals surface area contributed by atoms with Gasteiger partial charge >= 0.3 is 0 Å². The van der Waals surface area contributed by atoms with Crippen molar-refractivity contribution in [3.8, 4) is 0 Å². The Morgan fingerprint density at radius 3 is 2.48 bits per heavy atom. The number of hydroxylamine groups is 2. The van der Waals surface area contributed by atoms with E-state index in [1.165, 1.54) is 31.4 Å². The molecule has 1 saturated carbocycles. The second kappa shape index (κ2) is 7.62. The van der Waals surface area contributed by atoms with Crippen LogP contribution in [0.25, 0.3) is 0 Å². The second-order valence-electron chi connectivity index (χ2n) is 5.39. The fourth-order valence-corrected chi connectivity index (χ4v) is 3.17. The van der Waals surface area contributed by atoms with Crippen molar-refractivity contribution in [2.24, 2.45) is 0 Å². The molecule has 0 unspecified atom stereocenters. The van der Waals surface area contributed by atoms with Gasteiger partial charge in [-0.25, -0.2) is 22.6 Å². The van der Waals surface area contributed by atoms with Gasteiger partial charge in [-0.1, -0.05) is 12.1 Å². The van der Waals surface area contributed by atoms with Crippen molar-refractivity contribution in [2.45, 2.75) is 24.6 Å². The van der Waals surface area contributed by atoms with Crippen LogP contribution in [-0.4, -0.2) is 42.8 Å². The molecule has 0 aromatic heterocycles. The zero-order valence-electron chi connectivity index (χ0n) is 13.3. The zero-order valence-corrected chi connectivity index (χ0v) is 14.1. The molecule has 136 valence electrons. The Kier molecular flexibility index (Phi) is 5.75. The number of carbonyl (C=O) groups excluding carboxylic acids is 2. The fraction of sp³-hybridized carbons (Fsp3) is 0.333. The molecular formula is C15H17FN2O6S. The highest BCUT2D eigenvalue weighted by Crippen LogP contribution is 2.27. The van der Waals surface area contributed by atoms with Crippen LogP contribution in [0, 0.1) is 5.82 Å². The summed E-state index contributed by atoms with van der Waals surface area (Å²) in [5.41, 5.74) is 0.547. The number of rotatable bonds is 7. The van der Waals surface area contributed by atoms with Crippen LogP contribution in [0.15, 0.2) is 36.1 Å². The SMILES string of the molecule is CON(Cc1ccc(F)cc1)C(=O)/C=C(\O)C(=O)NS(=O)(=O)C1CC1. The lowest BCUT2D eigenvalue weighted by Gasteiger charge is -2.18. The van der Waals surface area contributed by atoms with Crippen molar-refractivity contribution in [3.63, 3.8) is 0 Å². The van der Waals surface area contributed by atoms with Gasteiger partial charge in [0.2, 0.25) is 10.0 Å². The molecule has 0 atom stereocenters. The molecule has 2 rings (SSSR count). The van der Waals surface area contributed by atoms with E-state index in [-0.39, 0.29) is 6.54 Å². The topological polar surface area (TPSA) is 113 Å². The summed E-state index contributed by atoms with van der Waals surface area (Å²) < 4.78 is 37.8. The maximum atomic E-state index is 12.9. The summed E-state index contributed by atoms with van der Waals surface area (Å²) in [5, 5.41) is 9.80. The Balaban J connectivity index is 2.02. The molecule has 2 N–H and O–H groups in total. The van der Waals surface area contributed by atoms with Gasteiger partial charge in [-0.2, -0.15) is 0 Å². The molecule has 1 fully saturated rings. The predicted molar refractivity (Wildman–Crippen MR) is 84.8 cm³/mol. The normalized spacial score (nSPS) is 14.9. The standard InChI is InChI=1S/C15H17FN2O6S/c1-24-18(9-10-2-4-11(16)5-3-10)14(20)8-13(19)15(21)17-25(22,23)12-6-7-12/h2-5,8,12,19H,6-7,9H2,1H3,(H,17,21)/b13-8-. The second-order valence-corrected chi connectivity index (χ2v) is 7.35. The van der Waals surface area contributed by atoms with Crippen molar-refractivity contribution in [3.05, 3.63) is 47.5 Å². The number of halogens is 1. The van der Waals surface area contributed by atoms with Crippen LogP contribution in [0.3, 0.4) is 0 Å². The molecule has 25 heavy (non-hydrogen) atoms. The monoisotopic (exact) mass is 372 g/mol. The van der Waals surface area contributed by atoms with Crippen molar-refractivity contribution in [1.82, 2.24) is 9.79 Å². The quantitative estimate of drug-likeness (QED) is 0.415. The number of aliphatic hydroxyl groups is 1. The lowest BCUT2D eigenvalue weighted by Crippen LogP contribution is -2.35. The number of hydrogen-bond donors (Lipinski definition) is 2. The number of amides is 2. The minimum Gasteiger partial charge on any atom is -0.503 e. The van der Waals surface area contributed by atoms with Crippen molar-refractivity contribution in [2.75, 3.05) is 7.11 Å². The van der Waals surface area contributed by atoms with Gasteiger partial charge in [0.15, 0.2) is 5.76 Å². The first-order valence-electron chi connectivity index (χ1n) is 7.29. The lowest BCUT2D eigenvalue weighted by atomic mass is 10.2. The van der Waals surface area contributed by atoms with Crippen molar-refractivity contribution >= 4 is 21.8 Å². The van der Waals surface area contributed by atoms with E-state index in [1.54, 1.807) is 4.72 Å². The van der Waals surface area contributed by atoms with Gasteiger partial charge in [0.1, 0.15) is 5.82 Å². The third-order valence-corrected chi connectivity index (χ3v) is 5.22. The van der Waals surface area contributed by atoms with Gasteiger partial charge in [-0.3, -0.25) is 14.4 Å². The Morgan fingerprint density at radius 2 is 1.96 bits per heavy atom. The van der Waals surface area contributed by atoms with Crippen molar-refractivity contribution in [1.29, 1.82) is 0 Å². The highest BCUT2D eigenvalue weighted by molar-refractivity contribution is 7.91. The molecule has 0 saturated heterocycles. The van der Waals surface area contributed by atoms with Gasteiger partial charge in [0.25, 0.3) is 11.8 Å². The molecule has 0 radical (unpaired) electrons. The van der Waals surface area contributed by atoms with E-state index < -0.39 is 38.7 Å². The van der Waals surface area contributed by atoms with Gasteiger partial charge in [-0.15, -0.1) is 0 Å². The minimum absolute atomic E-state index is 0.0681. The van der Waals surface area contributed by atoms with Crippen LogP contribution in [0.5, 0.6) is 0 Å². The van der Waals surface area contributed by atoms with Crippen LogP contribution >= 0.6 is 0 Å². The summed E-state index contributed by atoms with van der Waals surface area (Å²) in [7, 11) is -2.64. The first-order valence-corrected chi connectivity index (χ1v) is 8.84. The summed E-state index contributed by atoms with van der Waals surface area (Å²) in [4.78, 5) is 28.6. The van der Waals surface area contributed by atoms with Gasteiger partial charge in [0.05, 0.1) is 25.0 Å². The molecule has 0 bridgehead atoms. The molecule has 0 spiro atoms. The molecule has 0 heterocycles. The number of carbonyl (C=O) groups is 2. The molecular weight excluding hydrogens is 355 g/mol. The first kappa shape index (κ1) is 18.9. The van der Waals surface area contributed by atoms with Crippen LogP contribution in [-0.2, 0) is 31.0 Å². The largest absolute Gasteiger partial charge is 0.503 e. The zero-order chi connectivity index (χ0) is 18.6. The van der Waals surface area contributed by atoms with Crippen LogP contribution in [0.1, 0.15) is 18.4 Å². The maximum absolute atomic E-state index is 12.9. The Hall–Kier alpha value is -2.46. The highest BCUT2D eigenvalue weighted by Gasteiger charge is 2.37. The minimum atomic E-state index is -3.84. The lowest BCUT2D eigenvalue weighted by molar-refractivity contribution is -0.173. The van der Waals surface area contributed by atoms with E-state index in [4.69, 9.17) is 4.84 Å². The maximum Gasteiger partial charge on any atom is 0.299 e. The van der Waals surface area contributed by atoms with Gasteiger partial charge < -0.3 is 5.11 Å². The molecule has 1 aliphatic carbocycles. The van der Waals surface area contributed by atoms with Crippen molar-refractivity contribution < 1.29 is 32.3 Å². The molecule has 2 amide bonds. The van der Waals surface area contributed by atoms with E-state index >= 15 is 0 Å². The van der Waals surface area contributed by atoms with E-state index in [0.717, 1.165) is 5.06 Å². The Bertz CT molecular complexity index is 787. The van der Waals surface area contributed by atoms with E-state index in [1.807, 2.05) is 0 Å². The Labute approximate surface area is 143 Å². The highest BCUT2D eigenvalue weighted by atomic mass is 32.2. The van der Waals surface area contributed by atoms with Gasteiger partial charge in [0, 0.05) is 0 Å². The van der Waals surface area contributed by atoms with Gasteiger partial charge in [-0.05, 0) is 30.5 Å². The number of benzene rings is 1. The predicted octanol–water partition coefficient (Wildman–Crippen LogP) is 0.766. The van der Waals surface area contributed by atoms with E-state index in [9.17, 15) is 27.5 Å². The average molecular weight is 372 g/mol. The summed E-state index contributed by atoms with van der Waals surface area (Å²) in [5.74, 6) is -3.68. The number of sulfonamides is 1. The smallest absolute Gasteiger partial charge is 0.299 e. The summed E-state index contributed by atoms with van der Waals surface area (Å²) in [6.07, 6.45) is 1.44. The fourth-order valence-electron chi connectivity index (χ4n) is 1.89. The van der Waals surface area contributed by atoms with Crippen LogP contribution in [0.2, 0.25) is 0 Å². The molecule has 0 aliphatic heterocycles.